The van der Waals surface area contributed by atoms with Crippen molar-refractivity contribution in [2.24, 2.45) is 11.5 Å². The maximum absolute atomic E-state index is 13.1. The number of amides is 2. The zero-order valence-electron chi connectivity index (χ0n) is 25.3. The van der Waals surface area contributed by atoms with E-state index in [1.165, 1.54) is 0 Å². The van der Waals surface area contributed by atoms with E-state index in [0.29, 0.717) is 0 Å². The van der Waals surface area contributed by atoms with E-state index >= 15 is 0 Å². The number of hydrogen-bond acceptors (Lipinski definition) is 14. The number of carbonyl (C=O) groups excluding carboxylic acids is 4. The number of hydrogen-bond donors (Lipinski definition) is 4. The Balaban J connectivity index is 2.15. The van der Waals surface area contributed by atoms with Gasteiger partial charge in [0.1, 0.15) is 12.2 Å². The highest BCUT2D eigenvalue weighted by Crippen LogP contribution is 2.35. The molecule has 248 valence electrons. The van der Waals surface area contributed by atoms with Crippen LogP contribution in [0.5, 0.6) is 0 Å². The molecule has 0 bridgehead atoms. The molecule has 18 nitrogen and oxygen atoms in total. The average molecular weight is 631 g/mol. The Morgan fingerprint density at radius 3 is 1.27 bits per heavy atom. The van der Waals surface area contributed by atoms with Gasteiger partial charge in [-0.15, -0.1) is 20.2 Å². The van der Waals surface area contributed by atoms with Gasteiger partial charge in [0.25, 0.3) is 22.0 Å². The normalized spacial score (nSPS) is 25.8. The standard InChI is InChI=1S/C26H42N6O12/c1-23(2,27)15-29-21(35)25(11-7-17(8-12-25)43-31(37)38)41-19(33)5-6-20(34)42-26(22(36)30-16-24(3,4)28)13-9-18(10-14-26)44-32(39)40/h5-6,17-18H,7-16,27-28H2,1-4H3,(H,29,35)(H,30,36)/b6-5+. The van der Waals surface area contributed by atoms with Crippen molar-refractivity contribution in [1.29, 1.82) is 0 Å². The first kappa shape index (κ1) is 36.1. The number of rotatable bonds is 14. The first-order valence-electron chi connectivity index (χ1n) is 14.1. The quantitative estimate of drug-likeness (QED) is 0.0859. The second-order valence-corrected chi connectivity index (χ2v) is 12.6. The molecule has 44 heavy (non-hydrogen) atoms. The number of nitrogens with one attached hydrogen (secondary N) is 2. The summed E-state index contributed by atoms with van der Waals surface area (Å²) in [5, 5.41) is 24.9. The van der Waals surface area contributed by atoms with Gasteiger partial charge in [0.05, 0.1) is 0 Å². The van der Waals surface area contributed by atoms with Crippen LogP contribution in [0.15, 0.2) is 12.2 Å². The van der Waals surface area contributed by atoms with Gasteiger partial charge in [-0.25, -0.2) is 9.59 Å². The summed E-state index contributed by atoms with van der Waals surface area (Å²) in [4.78, 5) is 82.6. The molecule has 0 aromatic heterocycles. The fraction of sp³-hybridized carbons (Fsp3) is 0.769. The van der Waals surface area contributed by atoms with Gasteiger partial charge in [0.15, 0.2) is 11.2 Å². The monoisotopic (exact) mass is 630 g/mol. The summed E-state index contributed by atoms with van der Waals surface area (Å²) < 4.78 is 11.0. The molecule has 2 aliphatic rings. The zero-order chi connectivity index (χ0) is 33.3. The second kappa shape index (κ2) is 14.6. The topological polar surface area (TPSA) is 268 Å². The summed E-state index contributed by atoms with van der Waals surface area (Å²) in [6.07, 6.45) is -0.342. The highest BCUT2D eigenvalue weighted by Gasteiger charge is 2.47. The average Bonchev–Trinajstić information content (AvgIpc) is 2.90. The molecule has 2 saturated carbocycles. The van der Waals surface area contributed by atoms with E-state index in [-0.39, 0.29) is 64.5 Å². The van der Waals surface area contributed by atoms with Crippen LogP contribution in [-0.4, -0.2) is 81.5 Å². The summed E-state index contributed by atoms with van der Waals surface area (Å²) in [6.45, 7) is 6.78. The molecular formula is C26H42N6O12. The van der Waals surface area contributed by atoms with Crippen LogP contribution in [0.4, 0.5) is 0 Å². The second-order valence-electron chi connectivity index (χ2n) is 12.6. The molecule has 6 N–H and O–H groups in total. The molecule has 0 radical (unpaired) electrons. The predicted octanol–water partition coefficient (Wildman–Crippen LogP) is 0.115. The lowest BCUT2D eigenvalue weighted by Crippen LogP contribution is -2.56. The van der Waals surface area contributed by atoms with E-state index in [1.54, 1.807) is 27.7 Å². The lowest BCUT2D eigenvalue weighted by molar-refractivity contribution is -0.769. The SMILES string of the molecule is CC(C)(N)CNC(=O)C1(OC(=O)/C=C/C(=O)OC2(C(=O)NCC(C)(C)N)CCC(O[N+](=O)[O-])CC2)CCC(O[N+](=O)[O-])CC1. The minimum Gasteiger partial charge on any atom is -0.446 e. The molecule has 2 fully saturated rings. The van der Waals surface area contributed by atoms with Gasteiger partial charge >= 0.3 is 11.9 Å². The van der Waals surface area contributed by atoms with Crippen molar-refractivity contribution in [2.75, 3.05) is 13.1 Å². The van der Waals surface area contributed by atoms with Crippen molar-refractivity contribution >= 4 is 23.8 Å². The van der Waals surface area contributed by atoms with Gasteiger partial charge in [-0.1, -0.05) is 0 Å². The Kier molecular flexibility index (Phi) is 12.0. The Morgan fingerprint density at radius 1 is 0.727 bits per heavy atom. The molecule has 0 unspecified atom stereocenters. The Morgan fingerprint density at radius 2 is 1.02 bits per heavy atom. The highest BCUT2D eigenvalue weighted by molar-refractivity contribution is 5.96. The van der Waals surface area contributed by atoms with E-state index in [0.717, 1.165) is 12.2 Å². The van der Waals surface area contributed by atoms with Crippen LogP contribution in [0.25, 0.3) is 0 Å². The van der Waals surface area contributed by atoms with Crippen LogP contribution in [0.2, 0.25) is 0 Å². The molecule has 0 heterocycles. The van der Waals surface area contributed by atoms with Crippen molar-refractivity contribution in [3.63, 3.8) is 0 Å². The third-order valence-corrected chi connectivity index (χ3v) is 7.14. The van der Waals surface area contributed by atoms with Crippen molar-refractivity contribution in [3.8, 4) is 0 Å². The molecule has 0 aliphatic heterocycles. The molecule has 0 atom stereocenters. The van der Waals surface area contributed by atoms with Gasteiger partial charge in [-0.05, 0) is 79.1 Å². The molecule has 2 aliphatic carbocycles. The summed E-state index contributed by atoms with van der Waals surface area (Å²) in [6, 6.07) is 0. The number of nitrogens with zero attached hydrogens (tertiary/aromatic N) is 2. The van der Waals surface area contributed by atoms with Crippen molar-refractivity contribution in [3.05, 3.63) is 32.4 Å². The van der Waals surface area contributed by atoms with E-state index in [2.05, 4.69) is 20.3 Å². The summed E-state index contributed by atoms with van der Waals surface area (Å²) in [5.74, 6) is -3.48. The minimum atomic E-state index is -1.71. The first-order chi connectivity index (χ1) is 20.2. The van der Waals surface area contributed by atoms with Crippen LogP contribution in [0.1, 0.15) is 79.1 Å². The lowest BCUT2D eigenvalue weighted by Gasteiger charge is -2.38. The Hall–Kier alpha value is -4.06. The lowest BCUT2D eigenvalue weighted by atomic mass is 9.82. The zero-order valence-corrected chi connectivity index (χ0v) is 25.3. The van der Waals surface area contributed by atoms with E-state index in [9.17, 15) is 39.4 Å². The first-order valence-corrected chi connectivity index (χ1v) is 14.1. The molecule has 0 aromatic rings. The van der Waals surface area contributed by atoms with Crippen LogP contribution in [0, 0.1) is 20.2 Å². The van der Waals surface area contributed by atoms with E-state index < -0.39 is 68.4 Å². The Labute approximate surface area is 253 Å². The third kappa shape index (κ3) is 11.6. The fourth-order valence-electron chi connectivity index (χ4n) is 4.85. The van der Waals surface area contributed by atoms with Crippen LogP contribution in [0.3, 0.4) is 0 Å². The van der Waals surface area contributed by atoms with Crippen molar-refractivity contribution < 1.29 is 48.5 Å². The molecule has 0 spiro atoms. The van der Waals surface area contributed by atoms with Crippen molar-refractivity contribution in [2.45, 2.75) is 114 Å². The predicted molar refractivity (Wildman–Crippen MR) is 150 cm³/mol. The van der Waals surface area contributed by atoms with Gasteiger partial charge in [-0.2, -0.15) is 0 Å². The molecule has 18 heteroatoms. The highest BCUT2D eigenvalue weighted by atomic mass is 17.0. The van der Waals surface area contributed by atoms with Crippen LogP contribution >= 0.6 is 0 Å². The smallest absolute Gasteiger partial charge is 0.332 e. The molecular weight excluding hydrogens is 588 g/mol. The summed E-state index contributed by atoms with van der Waals surface area (Å²) in [7, 11) is 0. The molecule has 0 aromatic carbocycles. The molecule has 2 rings (SSSR count). The maximum Gasteiger partial charge on any atom is 0.332 e. The number of nitrogens with two attached hydrogens (primary N) is 2. The molecule has 2 amide bonds. The van der Waals surface area contributed by atoms with Gasteiger partial charge < -0.3 is 41.2 Å². The molecule has 0 saturated heterocycles. The van der Waals surface area contributed by atoms with Crippen LogP contribution < -0.4 is 22.1 Å². The van der Waals surface area contributed by atoms with E-state index in [4.69, 9.17) is 20.9 Å². The van der Waals surface area contributed by atoms with E-state index in [1.807, 2.05) is 0 Å². The van der Waals surface area contributed by atoms with Gasteiger partial charge in [-0.3, -0.25) is 9.59 Å². The van der Waals surface area contributed by atoms with Crippen LogP contribution in [-0.2, 0) is 38.3 Å². The third-order valence-electron chi connectivity index (χ3n) is 7.14. The largest absolute Gasteiger partial charge is 0.446 e. The minimum absolute atomic E-state index is 0.0395. The summed E-state index contributed by atoms with van der Waals surface area (Å²) in [5.41, 5.74) is 6.89. The number of ether oxygens (including phenoxy) is 2. The maximum atomic E-state index is 13.1. The van der Waals surface area contributed by atoms with Gasteiger partial charge in [0, 0.05) is 36.3 Å². The Bertz CT molecular complexity index is 1030. The fourth-order valence-corrected chi connectivity index (χ4v) is 4.85. The number of carbonyl (C=O) groups is 4. The van der Waals surface area contributed by atoms with Crippen molar-refractivity contribution in [1.82, 2.24) is 10.6 Å². The number of esters is 2. The van der Waals surface area contributed by atoms with Gasteiger partial charge in [0.2, 0.25) is 0 Å². The summed E-state index contributed by atoms with van der Waals surface area (Å²) >= 11 is 0.